The zero-order chi connectivity index (χ0) is 23.9. The highest BCUT2D eigenvalue weighted by atomic mass is 16.5. The van der Waals surface area contributed by atoms with E-state index in [-0.39, 0.29) is 17.7 Å². The fourth-order valence-corrected chi connectivity index (χ4v) is 3.91. The van der Waals surface area contributed by atoms with Crippen molar-refractivity contribution in [3.63, 3.8) is 0 Å². The Kier molecular flexibility index (Phi) is 7.06. The molecule has 4 rings (SSSR count). The molecule has 0 saturated carbocycles. The lowest BCUT2D eigenvalue weighted by Gasteiger charge is -2.30. The first-order valence-corrected chi connectivity index (χ1v) is 11.0. The van der Waals surface area contributed by atoms with Gasteiger partial charge in [-0.25, -0.2) is 0 Å². The molecule has 2 aliphatic rings. The maximum Gasteiger partial charge on any atom is 0.246 e. The van der Waals surface area contributed by atoms with Crippen molar-refractivity contribution in [3.05, 3.63) is 90.2 Å². The molecule has 2 aromatic rings. The Morgan fingerprint density at radius 3 is 2.62 bits per heavy atom. The van der Waals surface area contributed by atoms with Gasteiger partial charge in [-0.2, -0.15) is 0 Å². The number of piperidine rings is 1. The number of likely N-dealkylation sites (tertiary alicyclic amines) is 1. The molecule has 2 aromatic carbocycles. The van der Waals surface area contributed by atoms with Crippen molar-refractivity contribution in [2.45, 2.75) is 18.9 Å². The molecule has 2 aliphatic heterocycles. The molecule has 0 spiro atoms. The van der Waals surface area contributed by atoms with Gasteiger partial charge in [0.1, 0.15) is 11.5 Å². The van der Waals surface area contributed by atoms with Crippen molar-refractivity contribution in [1.82, 2.24) is 4.90 Å². The van der Waals surface area contributed by atoms with Crippen molar-refractivity contribution < 1.29 is 9.53 Å². The summed E-state index contributed by atoms with van der Waals surface area (Å²) < 4.78 is 5.84. The number of hydrogen-bond acceptors (Lipinski definition) is 6. The summed E-state index contributed by atoms with van der Waals surface area (Å²) in [5, 5.41) is 16.5. The van der Waals surface area contributed by atoms with Crippen LogP contribution < -0.4 is 4.74 Å². The second-order valence-corrected chi connectivity index (χ2v) is 7.94. The Hall–Kier alpha value is -4.35. The van der Waals surface area contributed by atoms with Gasteiger partial charge in [0.05, 0.1) is 23.0 Å². The summed E-state index contributed by atoms with van der Waals surface area (Å²) in [6.45, 7) is 4.72. The van der Waals surface area contributed by atoms with Gasteiger partial charge in [-0.1, -0.05) is 24.8 Å². The average Bonchev–Trinajstić information content (AvgIpc) is 2.89. The molecule has 1 saturated heterocycles. The lowest BCUT2D eigenvalue weighted by atomic mass is 9.93. The van der Waals surface area contributed by atoms with Crippen LogP contribution >= 0.6 is 0 Å². The lowest BCUT2D eigenvalue weighted by Crippen LogP contribution is -2.41. The van der Waals surface area contributed by atoms with E-state index in [9.17, 15) is 4.79 Å². The van der Waals surface area contributed by atoms with Gasteiger partial charge < -0.3 is 9.64 Å². The molecule has 2 heterocycles. The van der Waals surface area contributed by atoms with Crippen molar-refractivity contribution in [1.29, 1.82) is 10.8 Å². The van der Waals surface area contributed by atoms with Gasteiger partial charge in [0.2, 0.25) is 5.91 Å². The van der Waals surface area contributed by atoms with Crippen LogP contribution in [0.15, 0.2) is 94.6 Å². The highest BCUT2D eigenvalue weighted by molar-refractivity contribution is 6.41. The van der Waals surface area contributed by atoms with E-state index in [1.54, 1.807) is 11.1 Å². The minimum atomic E-state index is -0.139. The first-order valence-electron chi connectivity index (χ1n) is 11.0. The number of carbonyl (C=O) groups excluding carboxylic acids is 1. The van der Waals surface area contributed by atoms with Gasteiger partial charge in [-0.3, -0.25) is 25.6 Å². The maximum absolute atomic E-state index is 12.1. The van der Waals surface area contributed by atoms with Crippen LogP contribution in [0.25, 0.3) is 0 Å². The van der Waals surface area contributed by atoms with E-state index in [0.717, 1.165) is 18.6 Å². The molecule has 170 valence electrons. The zero-order valence-corrected chi connectivity index (χ0v) is 18.7. The minimum Gasteiger partial charge on any atom is -0.457 e. The van der Waals surface area contributed by atoms with Crippen molar-refractivity contribution in [2.24, 2.45) is 9.98 Å². The van der Waals surface area contributed by atoms with Crippen LogP contribution in [-0.2, 0) is 4.79 Å². The average molecular weight is 452 g/mol. The molecule has 0 bridgehead atoms. The number of allylic oxidation sites excluding steroid dienone is 2. The van der Waals surface area contributed by atoms with E-state index in [0.29, 0.717) is 41.3 Å². The van der Waals surface area contributed by atoms with Crippen LogP contribution in [0.1, 0.15) is 18.4 Å². The van der Waals surface area contributed by atoms with Crippen LogP contribution in [0.5, 0.6) is 11.5 Å². The quantitative estimate of drug-likeness (QED) is 0.495. The topological polar surface area (TPSA) is 102 Å². The van der Waals surface area contributed by atoms with Gasteiger partial charge in [-0.05, 0) is 61.2 Å². The molecule has 2 N–H and O–H groups in total. The molecule has 1 fully saturated rings. The number of carbonyl (C=O) groups is 1. The number of nitrogens with one attached hydrogen (secondary N) is 2. The van der Waals surface area contributed by atoms with E-state index in [2.05, 4.69) is 17.4 Å². The Balaban J connectivity index is 1.57. The summed E-state index contributed by atoms with van der Waals surface area (Å²) in [5.74, 6) is 3.69. The zero-order valence-electron chi connectivity index (χ0n) is 18.7. The van der Waals surface area contributed by atoms with Crippen LogP contribution in [0, 0.1) is 10.8 Å². The van der Waals surface area contributed by atoms with E-state index in [1.165, 1.54) is 12.3 Å². The standard InChI is InChI=1S/C27H25N5O2/c1-2-25(33)32-14-6-7-21(18-32)31-27-20(15-28)16-30-17-24(27)26(29)19-10-12-23(13-11-19)34-22-8-4-3-5-9-22/h2-5,8-13,16-17,21,28-29H,1,6-7,14,18H2/t21-/m1/s1. The number of nitrogens with zero attached hydrogens (tertiary/aromatic N) is 3. The molecular formula is C27H25N5O2. The largest absolute Gasteiger partial charge is 0.457 e. The predicted molar refractivity (Wildman–Crippen MR) is 135 cm³/mol. The fourth-order valence-electron chi connectivity index (χ4n) is 3.91. The van der Waals surface area contributed by atoms with Gasteiger partial charge in [0.15, 0.2) is 0 Å². The molecule has 1 amide bonds. The highest BCUT2D eigenvalue weighted by Gasteiger charge is 2.26. The third-order valence-corrected chi connectivity index (χ3v) is 5.64. The van der Waals surface area contributed by atoms with Crippen LogP contribution in [0.3, 0.4) is 0 Å². The predicted octanol–water partition coefficient (Wildman–Crippen LogP) is 4.61. The third-order valence-electron chi connectivity index (χ3n) is 5.64. The molecule has 0 unspecified atom stereocenters. The Labute approximate surface area is 198 Å². The molecular weight excluding hydrogens is 426 g/mol. The van der Waals surface area contributed by atoms with Gasteiger partial charge in [0.25, 0.3) is 0 Å². The van der Waals surface area contributed by atoms with Gasteiger partial charge in [0, 0.05) is 36.6 Å². The molecule has 1 atom stereocenters. The summed E-state index contributed by atoms with van der Waals surface area (Å²) in [4.78, 5) is 22.9. The summed E-state index contributed by atoms with van der Waals surface area (Å²) in [6.07, 6.45) is 6.08. The normalized spacial score (nSPS) is 18.8. The van der Waals surface area contributed by atoms with Crippen LogP contribution in [0.2, 0.25) is 0 Å². The van der Waals surface area contributed by atoms with Crippen LogP contribution in [-0.4, -0.2) is 53.4 Å². The highest BCUT2D eigenvalue weighted by Crippen LogP contribution is 2.24. The van der Waals surface area contributed by atoms with Crippen LogP contribution in [0.4, 0.5) is 0 Å². The maximum atomic E-state index is 12.1. The number of benzene rings is 2. The summed E-state index contributed by atoms with van der Waals surface area (Å²) in [7, 11) is 0. The monoisotopic (exact) mass is 451 g/mol. The SMILES string of the molecule is C=CC(=O)N1CCC[C@@H](N=C2C(=C=N)C=NC=C2C(=N)c2ccc(Oc3ccccc3)cc2)C1. The minimum absolute atomic E-state index is 0.112. The summed E-state index contributed by atoms with van der Waals surface area (Å²) >= 11 is 0. The smallest absolute Gasteiger partial charge is 0.246 e. The lowest BCUT2D eigenvalue weighted by molar-refractivity contribution is -0.127. The number of amides is 1. The first-order chi connectivity index (χ1) is 16.6. The van der Waals surface area contributed by atoms with E-state index >= 15 is 0 Å². The fraction of sp³-hybridized carbons (Fsp3) is 0.185. The molecule has 0 aliphatic carbocycles. The molecule has 7 heteroatoms. The first kappa shape index (κ1) is 22.8. The second kappa shape index (κ2) is 10.5. The number of rotatable bonds is 6. The number of aliphatic imine (C=N–C) groups is 2. The Bertz CT molecular complexity index is 1240. The second-order valence-electron chi connectivity index (χ2n) is 7.94. The Morgan fingerprint density at radius 1 is 1.18 bits per heavy atom. The molecule has 0 aromatic heterocycles. The number of ether oxygens (including phenoxy) is 1. The molecule has 34 heavy (non-hydrogen) atoms. The number of hydrogen-bond donors (Lipinski definition) is 2. The van der Waals surface area contributed by atoms with Crippen molar-refractivity contribution in [3.8, 4) is 11.5 Å². The van der Waals surface area contributed by atoms with E-state index in [4.69, 9.17) is 20.5 Å². The third kappa shape index (κ3) is 5.17. The van der Waals surface area contributed by atoms with Gasteiger partial charge >= 0.3 is 0 Å². The van der Waals surface area contributed by atoms with E-state index < -0.39 is 0 Å². The number of para-hydroxylation sites is 1. The van der Waals surface area contributed by atoms with Gasteiger partial charge in [-0.15, -0.1) is 0 Å². The van der Waals surface area contributed by atoms with Crippen molar-refractivity contribution in [2.75, 3.05) is 13.1 Å². The summed E-state index contributed by atoms with van der Waals surface area (Å²) in [5.41, 5.74) is 2.34. The summed E-state index contributed by atoms with van der Waals surface area (Å²) in [6, 6.07) is 16.6. The van der Waals surface area contributed by atoms with E-state index in [1.807, 2.05) is 54.6 Å². The molecule has 0 radical (unpaired) electrons. The van der Waals surface area contributed by atoms with Crippen molar-refractivity contribution >= 4 is 29.4 Å². The Morgan fingerprint density at radius 2 is 1.91 bits per heavy atom. The molecule has 7 nitrogen and oxygen atoms in total.